The molecule has 1 aliphatic heterocycles. The monoisotopic (exact) mass is 483 g/mol. The highest BCUT2D eigenvalue weighted by molar-refractivity contribution is 6.37. The predicted octanol–water partition coefficient (Wildman–Crippen LogP) is 3.42. The highest BCUT2D eigenvalue weighted by atomic mass is 35.5. The van der Waals surface area contributed by atoms with Crippen molar-refractivity contribution in [2.24, 2.45) is 0 Å². The summed E-state index contributed by atoms with van der Waals surface area (Å²) in [6, 6.07) is 12.3. The Labute approximate surface area is 197 Å². The summed E-state index contributed by atoms with van der Waals surface area (Å²) in [6.45, 7) is 0. The van der Waals surface area contributed by atoms with Gasteiger partial charge in [0.2, 0.25) is 0 Å². The van der Waals surface area contributed by atoms with E-state index in [4.69, 9.17) is 27.9 Å². The van der Waals surface area contributed by atoms with Gasteiger partial charge in [-0.15, -0.1) is 0 Å². The van der Waals surface area contributed by atoms with Crippen molar-refractivity contribution >= 4 is 58.3 Å². The zero-order valence-electron chi connectivity index (χ0n) is 16.8. The first-order valence-corrected chi connectivity index (χ1v) is 10.2. The number of fused-ring (bicyclic) bond motifs is 1. The summed E-state index contributed by atoms with van der Waals surface area (Å²) in [5.74, 6) is -3.10. The molecular formula is C23H13Cl2N2O6-. The van der Waals surface area contributed by atoms with Crippen LogP contribution in [0, 0.1) is 0 Å². The fourth-order valence-corrected chi connectivity index (χ4v) is 3.89. The SMILES string of the molecule is COc1ccc(N2C(=O)c3ccc(C(=O)[O-])cc3C2=O)cc1NC(=O)c1ccc(Cl)cc1Cl. The van der Waals surface area contributed by atoms with E-state index < -0.39 is 23.7 Å². The molecule has 1 N–H and O–H groups in total. The van der Waals surface area contributed by atoms with Gasteiger partial charge in [0.1, 0.15) is 5.75 Å². The number of carboxylic acids is 1. The molecule has 0 aromatic heterocycles. The molecule has 8 nitrogen and oxygen atoms in total. The van der Waals surface area contributed by atoms with Gasteiger partial charge in [0.15, 0.2) is 0 Å². The number of carboxylic acid groups (broad SMARTS) is 1. The van der Waals surface area contributed by atoms with Crippen LogP contribution in [0.4, 0.5) is 11.4 Å². The zero-order chi connectivity index (χ0) is 23.9. The van der Waals surface area contributed by atoms with E-state index in [2.05, 4.69) is 5.32 Å². The number of amides is 3. The third-order valence-corrected chi connectivity index (χ3v) is 5.54. The molecule has 0 spiro atoms. The first-order valence-electron chi connectivity index (χ1n) is 9.40. The van der Waals surface area contributed by atoms with Gasteiger partial charge in [-0.05, 0) is 54.1 Å². The van der Waals surface area contributed by atoms with Crippen LogP contribution in [0.1, 0.15) is 41.4 Å². The molecular weight excluding hydrogens is 471 g/mol. The van der Waals surface area contributed by atoms with Crippen LogP contribution in [0.5, 0.6) is 5.75 Å². The summed E-state index contributed by atoms with van der Waals surface area (Å²) in [7, 11) is 1.39. The Morgan fingerprint density at radius 1 is 0.939 bits per heavy atom. The van der Waals surface area contributed by atoms with Crippen LogP contribution in [0.3, 0.4) is 0 Å². The van der Waals surface area contributed by atoms with Gasteiger partial charge in [0.05, 0.1) is 46.2 Å². The summed E-state index contributed by atoms with van der Waals surface area (Å²) in [4.78, 5) is 50.5. The molecule has 10 heteroatoms. The van der Waals surface area contributed by atoms with Crippen molar-refractivity contribution in [2.75, 3.05) is 17.3 Å². The second-order valence-corrected chi connectivity index (χ2v) is 7.80. The van der Waals surface area contributed by atoms with E-state index in [1.54, 1.807) is 0 Å². The number of benzene rings is 3. The van der Waals surface area contributed by atoms with Gasteiger partial charge in [0.25, 0.3) is 17.7 Å². The number of hydrogen-bond acceptors (Lipinski definition) is 6. The molecule has 0 unspecified atom stereocenters. The minimum absolute atomic E-state index is 0.0550. The van der Waals surface area contributed by atoms with Crippen LogP contribution >= 0.6 is 23.2 Å². The number of halogens is 2. The molecule has 166 valence electrons. The quantitative estimate of drug-likeness (QED) is 0.555. The Bertz CT molecular complexity index is 1350. The lowest BCUT2D eigenvalue weighted by Crippen LogP contribution is -2.29. The number of anilines is 2. The normalized spacial score (nSPS) is 12.5. The number of carbonyl (C=O) groups excluding carboxylic acids is 4. The number of aromatic carboxylic acids is 1. The number of ether oxygens (including phenoxy) is 1. The molecule has 3 aromatic carbocycles. The molecule has 1 heterocycles. The van der Waals surface area contributed by atoms with Crippen LogP contribution in [0.15, 0.2) is 54.6 Å². The third kappa shape index (κ3) is 4.02. The van der Waals surface area contributed by atoms with Crippen molar-refractivity contribution in [2.45, 2.75) is 0 Å². The topological polar surface area (TPSA) is 116 Å². The number of nitrogens with zero attached hydrogens (tertiary/aromatic N) is 1. The highest BCUT2D eigenvalue weighted by Gasteiger charge is 2.37. The fourth-order valence-electron chi connectivity index (χ4n) is 3.40. The number of carbonyl (C=O) groups is 4. The Hall–Kier alpha value is -3.88. The lowest BCUT2D eigenvalue weighted by atomic mass is 10.1. The average Bonchev–Trinajstić information content (AvgIpc) is 3.03. The standard InChI is InChI=1S/C23H14Cl2N2O6/c1-33-19-7-4-13(10-18(19)26-20(28)15-6-3-12(24)9-17(15)25)27-21(29)14-5-2-11(23(31)32)8-16(14)22(27)30/h2-10H,1H3,(H,26,28)(H,31,32)/p-1. The van der Waals surface area contributed by atoms with Crippen molar-refractivity contribution in [1.82, 2.24) is 0 Å². The van der Waals surface area contributed by atoms with Crippen molar-refractivity contribution in [3.8, 4) is 5.75 Å². The summed E-state index contributed by atoms with van der Waals surface area (Å²) in [5, 5.41) is 14.3. The molecule has 0 aliphatic carbocycles. The number of hydrogen-bond donors (Lipinski definition) is 1. The second-order valence-electron chi connectivity index (χ2n) is 6.96. The first kappa shape index (κ1) is 22.3. The van der Waals surface area contributed by atoms with Crippen molar-refractivity contribution in [3.05, 3.63) is 86.9 Å². The van der Waals surface area contributed by atoms with Crippen LogP contribution in [0.2, 0.25) is 10.0 Å². The van der Waals surface area contributed by atoms with Gasteiger partial charge >= 0.3 is 0 Å². The smallest absolute Gasteiger partial charge is 0.266 e. The molecule has 0 radical (unpaired) electrons. The molecule has 33 heavy (non-hydrogen) atoms. The van der Waals surface area contributed by atoms with E-state index in [0.717, 1.165) is 11.0 Å². The molecule has 3 amide bonds. The van der Waals surface area contributed by atoms with Crippen LogP contribution in [-0.4, -0.2) is 30.8 Å². The summed E-state index contributed by atoms with van der Waals surface area (Å²) < 4.78 is 5.28. The second kappa shape index (κ2) is 8.57. The van der Waals surface area contributed by atoms with Crippen molar-refractivity contribution in [1.29, 1.82) is 0 Å². The molecule has 0 atom stereocenters. The number of imide groups is 1. The van der Waals surface area contributed by atoms with Gasteiger partial charge in [-0.25, -0.2) is 4.90 Å². The molecule has 0 bridgehead atoms. The van der Waals surface area contributed by atoms with Crippen molar-refractivity contribution in [3.63, 3.8) is 0 Å². The van der Waals surface area contributed by atoms with Crippen LogP contribution < -0.4 is 20.1 Å². The maximum Gasteiger partial charge on any atom is 0.266 e. The Morgan fingerprint density at radius 2 is 1.67 bits per heavy atom. The average molecular weight is 484 g/mol. The molecule has 1 aliphatic rings. The Balaban J connectivity index is 1.69. The highest BCUT2D eigenvalue weighted by Crippen LogP contribution is 2.35. The number of rotatable bonds is 5. The molecule has 0 fully saturated rings. The minimum atomic E-state index is -1.47. The van der Waals surface area contributed by atoms with Gasteiger partial charge < -0.3 is 20.0 Å². The summed E-state index contributed by atoms with van der Waals surface area (Å²) in [6.07, 6.45) is 0. The van der Waals surface area contributed by atoms with E-state index >= 15 is 0 Å². The Morgan fingerprint density at radius 3 is 2.33 bits per heavy atom. The van der Waals surface area contributed by atoms with E-state index in [1.807, 2.05) is 0 Å². The molecule has 3 aromatic rings. The lowest BCUT2D eigenvalue weighted by molar-refractivity contribution is -0.255. The first-order chi connectivity index (χ1) is 15.7. The number of methoxy groups -OCH3 is 1. The van der Waals surface area contributed by atoms with Gasteiger partial charge in [-0.1, -0.05) is 29.3 Å². The lowest BCUT2D eigenvalue weighted by Gasteiger charge is -2.17. The minimum Gasteiger partial charge on any atom is -0.545 e. The van der Waals surface area contributed by atoms with Gasteiger partial charge in [0, 0.05) is 5.02 Å². The largest absolute Gasteiger partial charge is 0.545 e. The van der Waals surface area contributed by atoms with Crippen LogP contribution in [-0.2, 0) is 0 Å². The van der Waals surface area contributed by atoms with E-state index in [1.165, 1.54) is 55.6 Å². The van der Waals surface area contributed by atoms with Crippen molar-refractivity contribution < 1.29 is 29.0 Å². The van der Waals surface area contributed by atoms with Gasteiger partial charge in [-0.2, -0.15) is 0 Å². The third-order valence-electron chi connectivity index (χ3n) is 4.99. The predicted molar refractivity (Wildman–Crippen MR) is 119 cm³/mol. The van der Waals surface area contributed by atoms with E-state index in [9.17, 15) is 24.3 Å². The number of nitrogens with one attached hydrogen (secondary N) is 1. The zero-order valence-corrected chi connectivity index (χ0v) is 18.4. The summed E-state index contributed by atoms with van der Waals surface area (Å²) >= 11 is 12.0. The maximum absolute atomic E-state index is 12.9. The van der Waals surface area contributed by atoms with Crippen LogP contribution in [0.25, 0.3) is 0 Å². The van der Waals surface area contributed by atoms with Gasteiger partial charge in [-0.3, -0.25) is 14.4 Å². The summed E-state index contributed by atoms with van der Waals surface area (Å²) in [5.41, 5.74) is 0.256. The van der Waals surface area contributed by atoms with E-state index in [0.29, 0.717) is 5.02 Å². The maximum atomic E-state index is 12.9. The molecule has 0 saturated carbocycles. The Kier molecular flexibility index (Phi) is 5.80. The van der Waals surface area contributed by atoms with E-state index in [-0.39, 0.29) is 44.4 Å². The molecule has 4 rings (SSSR count). The molecule has 0 saturated heterocycles. The fraction of sp³-hybridized carbons (Fsp3) is 0.0435.